The highest BCUT2D eigenvalue weighted by Crippen LogP contribution is 2.39. The van der Waals surface area contributed by atoms with Crippen LogP contribution in [0.25, 0.3) is 22.6 Å². The minimum absolute atomic E-state index is 0.00636. The summed E-state index contributed by atoms with van der Waals surface area (Å²) in [6, 6.07) is 6.50. The SMILES string of the molecule is Nc1cccc2c1nc(-c1occc1P(=O)(O)O)n2CCCO. The van der Waals surface area contributed by atoms with Gasteiger partial charge >= 0.3 is 7.60 Å². The normalized spacial score (nSPS) is 12.1. The Morgan fingerprint density at radius 3 is 2.78 bits per heavy atom. The lowest BCUT2D eigenvalue weighted by molar-refractivity contribution is 0.280. The number of rotatable bonds is 5. The number of hydrogen-bond acceptors (Lipinski definition) is 5. The maximum atomic E-state index is 11.6. The summed E-state index contributed by atoms with van der Waals surface area (Å²) in [6.07, 6.45) is 1.67. The molecule has 1 aromatic carbocycles. The number of furan rings is 1. The molecule has 0 saturated carbocycles. The van der Waals surface area contributed by atoms with E-state index in [-0.39, 0.29) is 23.5 Å². The number of hydrogen-bond donors (Lipinski definition) is 4. The third kappa shape index (κ3) is 2.77. The van der Waals surface area contributed by atoms with Gasteiger partial charge in [0.15, 0.2) is 11.6 Å². The van der Waals surface area contributed by atoms with Crippen molar-refractivity contribution < 1.29 is 23.9 Å². The van der Waals surface area contributed by atoms with Gasteiger partial charge in [-0.25, -0.2) is 4.98 Å². The molecule has 0 fully saturated rings. The molecule has 0 radical (unpaired) electrons. The number of aliphatic hydroxyl groups is 1. The van der Waals surface area contributed by atoms with Gasteiger partial charge in [0.1, 0.15) is 10.8 Å². The third-order valence-corrected chi connectivity index (χ3v) is 4.49. The Hall–Kier alpha value is -2.12. The highest BCUT2D eigenvalue weighted by Gasteiger charge is 2.28. The predicted octanol–water partition coefficient (Wildman–Crippen LogP) is 1.06. The molecule has 9 heteroatoms. The van der Waals surface area contributed by atoms with E-state index in [0.717, 1.165) is 0 Å². The predicted molar refractivity (Wildman–Crippen MR) is 85.2 cm³/mol. The van der Waals surface area contributed by atoms with Crippen molar-refractivity contribution in [3.05, 3.63) is 30.5 Å². The van der Waals surface area contributed by atoms with E-state index in [1.54, 1.807) is 22.8 Å². The van der Waals surface area contributed by atoms with Crippen molar-refractivity contribution >= 4 is 29.6 Å². The summed E-state index contributed by atoms with van der Waals surface area (Å²) in [7, 11) is -4.50. The van der Waals surface area contributed by atoms with Gasteiger partial charge in [0, 0.05) is 13.2 Å². The van der Waals surface area contributed by atoms with Crippen LogP contribution >= 0.6 is 7.60 Å². The Labute approximate surface area is 131 Å². The summed E-state index contributed by atoms with van der Waals surface area (Å²) in [5.74, 6) is 0.279. The van der Waals surface area contributed by atoms with E-state index in [2.05, 4.69) is 4.98 Å². The monoisotopic (exact) mass is 337 g/mol. The molecule has 0 atom stereocenters. The van der Waals surface area contributed by atoms with E-state index in [4.69, 9.17) is 15.3 Å². The average Bonchev–Trinajstić information content (AvgIpc) is 3.09. The van der Waals surface area contributed by atoms with Gasteiger partial charge in [-0.2, -0.15) is 0 Å². The smallest absolute Gasteiger partial charge is 0.360 e. The van der Waals surface area contributed by atoms with Crippen molar-refractivity contribution in [2.24, 2.45) is 0 Å². The van der Waals surface area contributed by atoms with E-state index in [9.17, 15) is 14.4 Å². The minimum Gasteiger partial charge on any atom is -0.460 e. The summed E-state index contributed by atoms with van der Waals surface area (Å²) >= 11 is 0. The number of aryl methyl sites for hydroxylation is 1. The molecule has 8 nitrogen and oxygen atoms in total. The molecule has 0 aliphatic carbocycles. The molecule has 0 unspecified atom stereocenters. The van der Waals surface area contributed by atoms with Gasteiger partial charge in [-0.1, -0.05) is 6.07 Å². The van der Waals surface area contributed by atoms with Gasteiger partial charge in [-0.15, -0.1) is 0 Å². The maximum absolute atomic E-state index is 11.6. The molecule has 0 aliphatic rings. The number of nitrogens with zero attached hydrogens (tertiary/aromatic N) is 2. The molecule has 0 amide bonds. The highest BCUT2D eigenvalue weighted by molar-refractivity contribution is 7.60. The Morgan fingerprint density at radius 1 is 1.30 bits per heavy atom. The summed E-state index contributed by atoms with van der Waals surface area (Å²) < 4.78 is 18.7. The molecule has 3 rings (SSSR count). The molecule has 0 bridgehead atoms. The number of anilines is 1. The Morgan fingerprint density at radius 2 is 2.09 bits per heavy atom. The average molecular weight is 337 g/mol. The number of fused-ring (bicyclic) bond motifs is 1. The van der Waals surface area contributed by atoms with Crippen molar-refractivity contribution in [2.75, 3.05) is 12.3 Å². The van der Waals surface area contributed by atoms with E-state index in [1.165, 1.54) is 12.3 Å². The van der Waals surface area contributed by atoms with Gasteiger partial charge in [-0.05, 0) is 24.6 Å². The molecule has 0 aliphatic heterocycles. The molecule has 0 saturated heterocycles. The van der Waals surface area contributed by atoms with Gasteiger partial charge < -0.3 is 29.6 Å². The zero-order valence-electron chi connectivity index (χ0n) is 12.1. The van der Waals surface area contributed by atoms with Crippen molar-refractivity contribution in [1.29, 1.82) is 0 Å². The van der Waals surface area contributed by atoms with Crippen LogP contribution in [0.5, 0.6) is 0 Å². The van der Waals surface area contributed by atoms with Gasteiger partial charge in [0.05, 0.1) is 17.5 Å². The number of nitrogen functional groups attached to an aromatic ring is 1. The zero-order chi connectivity index (χ0) is 16.6. The van der Waals surface area contributed by atoms with Crippen molar-refractivity contribution in [3.8, 4) is 11.6 Å². The van der Waals surface area contributed by atoms with Crippen LogP contribution < -0.4 is 11.0 Å². The van der Waals surface area contributed by atoms with Crippen LogP contribution in [0.3, 0.4) is 0 Å². The van der Waals surface area contributed by atoms with E-state index in [1.807, 2.05) is 0 Å². The number of para-hydroxylation sites is 1. The minimum atomic E-state index is -4.50. The van der Waals surface area contributed by atoms with Crippen LogP contribution in [-0.4, -0.2) is 31.1 Å². The Bertz CT molecular complexity index is 895. The molecule has 2 heterocycles. The first-order valence-electron chi connectivity index (χ1n) is 6.93. The maximum Gasteiger partial charge on any atom is 0.360 e. The van der Waals surface area contributed by atoms with E-state index < -0.39 is 7.60 Å². The molecule has 3 aromatic rings. The van der Waals surface area contributed by atoms with E-state index >= 15 is 0 Å². The van der Waals surface area contributed by atoms with Crippen LogP contribution in [0.4, 0.5) is 5.69 Å². The second-order valence-corrected chi connectivity index (χ2v) is 6.63. The highest BCUT2D eigenvalue weighted by atomic mass is 31.2. The molecule has 0 spiro atoms. The standard InChI is InChI=1S/C14H16N3O5P/c15-9-3-1-4-10-12(9)16-14(17(10)6-2-7-18)13-11(5-8-22-13)23(19,20)21/h1,3-5,8,18H,2,6-7,15H2,(H2,19,20,21). The quantitative estimate of drug-likeness (QED) is 0.404. The van der Waals surface area contributed by atoms with Crippen LogP contribution in [0.2, 0.25) is 0 Å². The van der Waals surface area contributed by atoms with E-state index in [0.29, 0.717) is 29.7 Å². The first-order chi connectivity index (χ1) is 10.9. The molecule has 23 heavy (non-hydrogen) atoms. The number of aliphatic hydroxyl groups excluding tert-OH is 1. The molecular formula is C14H16N3O5P. The summed E-state index contributed by atoms with van der Waals surface area (Å²) in [5.41, 5.74) is 7.62. The lowest BCUT2D eigenvalue weighted by Crippen LogP contribution is -2.09. The molecular weight excluding hydrogens is 321 g/mol. The number of nitrogens with two attached hydrogens (primary N) is 1. The Kier molecular flexibility index (Phi) is 3.99. The summed E-state index contributed by atoms with van der Waals surface area (Å²) in [4.78, 5) is 23.3. The fourth-order valence-electron chi connectivity index (χ4n) is 2.50. The van der Waals surface area contributed by atoms with Crippen LogP contribution in [0.1, 0.15) is 6.42 Å². The fraction of sp³-hybridized carbons (Fsp3) is 0.214. The van der Waals surface area contributed by atoms with Crippen molar-refractivity contribution in [3.63, 3.8) is 0 Å². The van der Waals surface area contributed by atoms with Crippen molar-refractivity contribution in [1.82, 2.24) is 9.55 Å². The van der Waals surface area contributed by atoms with Gasteiger partial charge in [0.2, 0.25) is 0 Å². The second kappa shape index (κ2) is 5.82. The van der Waals surface area contributed by atoms with Crippen LogP contribution in [0.15, 0.2) is 34.9 Å². The second-order valence-electron chi connectivity index (χ2n) is 5.06. The number of aromatic nitrogens is 2. The van der Waals surface area contributed by atoms with Gasteiger partial charge in [-0.3, -0.25) is 4.57 Å². The van der Waals surface area contributed by atoms with Crippen LogP contribution in [0, 0.1) is 0 Å². The Balaban J connectivity index is 2.27. The lowest BCUT2D eigenvalue weighted by Gasteiger charge is -2.09. The topological polar surface area (TPSA) is 135 Å². The first-order valence-corrected chi connectivity index (χ1v) is 8.54. The summed E-state index contributed by atoms with van der Waals surface area (Å²) in [6.45, 7) is 0.387. The third-order valence-electron chi connectivity index (χ3n) is 3.51. The lowest BCUT2D eigenvalue weighted by atomic mass is 10.2. The molecule has 122 valence electrons. The number of benzene rings is 1. The summed E-state index contributed by atoms with van der Waals surface area (Å²) in [5, 5.41) is 8.87. The molecule has 2 aromatic heterocycles. The van der Waals surface area contributed by atoms with Crippen LogP contribution in [-0.2, 0) is 11.1 Å². The largest absolute Gasteiger partial charge is 0.460 e. The zero-order valence-corrected chi connectivity index (χ0v) is 13.0. The number of imidazole rings is 1. The first kappa shape index (κ1) is 15.8. The molecule has 5 N–H and O–H groups in total. The van der Waals surface area contributed by atoms with Crippen molar-refractivity contribution in [2.45, 2.75) is 13.0 Å². The fourth-order valence-corrected chi connectivity index (χ4v) is 3.17. The van der Waals surface area contributed by atoms with Gasteiger partial charge in [0.25, 0.3) is 0 Å².